The molecule has 8 aliphatic rings. The van der Waals surface area contributed by atoms with Crippen LogP contribution in [0.1, 0.15) is 116 Å². The SMILES string of the molecule is Cc1c(-c2cccc3ccccc23)c2c3cc4c(cc3n3c5cnc6c(c5c(c1-c1cccc5ccccc15)c23)C1CC2CC3CC6CC32C1)C1CC2CC(CC4C2)C1. The lowest BCUT2D eigenvalue weighted by molar-refractivity contribution is 0.00321. The van der Waals surface area contributed by atoms with E-state index in [-0.39, 0.29) is 0 Å². The van der Waals surface area contributed by atoms with Gasteiger partial charge in [-0.2, -0.15) is 0 Å². The summed E-state index contributed by atoms with van der Waals surface area (Å²) in [4.78, 5) is 5.70. The molecule has 0 radical (unpaired) electrons. The Kier molecular flexibility index (Phi) is 5.67. The average Bonchev–Trinajstić information content (AvgIpc) is 3.90. The van der Waals surface area contributed by atoms with E-state index in [4.69, 9.17) is 4.98 Å². The van der Waals surface area contributed by atoms with Gasteiger partial charge in [0, 0.05) is 33.2 Å². The molecule has 0 saturated heterocycles. The lowest BCUT2D eigenvalue weighted by Gasteiger charge is -2.48. The number of fused-ring (bicyclic) bond motifs is 14. The molecule has 7 unspecified atom stereocenters. The zero-order chi connectivity index (χ0) is 38.0. The van der Waals surface area contributed by atoms with E-state index < -0.39 is 0 Å². The smallest absolute Gasteiger partial charge is 0.0728 e. The van der Waals surface area contributed by atoms with E-state index in [0.29, 0.717) is 29.1 Å². The molecule has 8 aliphatic carbocycles. The highest BCUT2D eigenvalue weighted by molar-refractivity contribution is 6.33. The molecule has 3 heterocycles. The first kappa shape index (κ1) is 31.7. The first-order valence-electron chi connectivity index (χ1n) is 23.3. The van der Waals surface area contributed by atoms with Crippen molar-refractivity contribution in [1.29, 1.82) is 0 Å². The topological polar surface area (TPSA) is 17.3 Å². The fourth-order valence-corrected chi connectivity index (χ4v) is 16.9. The van der Waals surface area contributed by atoms with Gasteiger partial charge in [0.25, 0.3) is 0 Å². The molecule has 0 amide bonds. The Morgan fingerprint density at radius 3 is 1.86 bits per heavy atom. The predicted molar refractivity (Wildman–Crippen MR) is 243 cm³/mol. The van der Waals surface area contributed by atoms with E-state index in [2.05, 4.69) is 115 Å². The molecule has 2 heteroatoms. The quantitative estimate of drug-likeness (QED) is 0.172. The molecule has 3 aromatic heterocycles. The van der Waals surface area contributed by atoms with Gasteiger partial charge in [-0.05, 0) is 196 Å². The predicted octanol–water partition coefficient (Wildman–Crippen LogP) is 15.0. The van der Waals surface area contributed by atoms with Gasteiger partial charge in [0.1, 0.15) is 0 Å². The van der Waals surface area contributed by atoms with Crippen LogP contribution in [0.3, 0.4) is 0 Å². The van der Waals surface area contributed by atoms with Crippen LogP contribution in [0, 0.1) is 36.0 Å². The maximum Gasteiger partial charge on any atom is 0.0728 e. The summed E-state index contributed by atoms with van der Waals surface area (Å²) in [6.45, 7) is 2.50. The maximum atomic E-state index is 5.70. The van der Waals surface area contributed by atoms with Gasteiger partial charge in [-0.3, -0.25) is 4.98 Å². The van der Waals surface area contributed by atoms with Crippen molar-refractivity contribution in [2.24, 2.45) is 29.1 Å². The molecule has 5 saturated carbocycles. The fourth-order valence-electron chi connectivity index (χ4n) is 16.9. The number of nitrogens with zero attached hydrogens (tertiary/aromatic N) is 2. The van der Waals surface area contributed by atoms with Gasteiger partial charge in [-0.25, -0.2) is 0 Å². The zero-order valence-corrected chi connectivity index (χ0v) is 33.9. The van der Waals surface area contributed by atoms with Gasteiger partial charge in [0.15, 0.2) is 0 Å². The molecule has 7 bridgehead atoms. The Morgan fingerprint density at radius 1 is 0.542 bits per heavy atom. The van der Waals surface area contributed by atoms with Gasteiger partial charge in [-0.1, -0.05) is 84.9 Å². The number of pyridine rings is 1. The lowest BCUT2D eigenvalue weighted by Crippen LogP contribution is -2.41. The highest BCUT2D eigenvalue weighted by Crippen LogP contribution is 2.76. The zero-order valence-electron chi connectivity index (χ0n) is 33.9. The number of rotatable bonds is 2. The van der Waals surface area contributed by atoms with Crippen molar-refractivity contribution in [3.8, 4) is 22.3 Å². The van der Waals surface area contributed by atoms with Gasteiger partial charge < -0.3 is 4.40 Å². The van der Waals surface area contributed by atoms with E-state index in [1.165, 1.54) is 152 Å². The normalized spacial score (nSPS) is 30.9. The molecule has 1 spiro atoms. The number of hydrogen-bond donors (Lipinski definition) is 0. The molecular formula is C57H48N2. The minimum Gasteiger partial charge on any atom is -0.306 e. The van der Waals surface area contributed by atoms with Crippen molar-refractivity contribution < 1.29 is 0 Å². The third kappa shape index (κ3) is 3.70. The van der Waals surface area contributed by atoms with Crippen LogP contribution in [0.2, 0.25) is 0 Å². The Labute approximate surface area is 345 Å². The van der Waals surface area contributed by atoms with Gasteiger partial charge >= 0.3 is 0 Å². The van der Waals surface area contributed by atoms with Gasteiger partial charge in [0.05, 0.1) is 22.7 Å². The Hall–Kier alpha value is -5.21. The fraction of sp³-hybridized carbons (Fsp3) is 0.351. The average molecular weight is 761 g/mol. The van der Waals surface area contributed by atoms with Gasteiger partial charge in [0.2, 0.25) is 0 Å². The second-order valence-electron chi connectivity index (χ2n) is 21.1. The molecule has 7 atom stereocenters. The molecule has 9 aromatic rings. The molecule has 5 fully saturated rings. The molecule has 0 N–H and O–H groups in total. The highest BCUT2D eigenvalue weighted by atomic mass is 14.9. The molecular weight excluding hydrogens is 713 g/mol. The van der Waals surface area contributed by atoms with Crippen LogP contribution in [0.25, 0.3) is 81.9 Å². The molecule has 17 rings (SSSR count). The van der Waals surface area contributed by atoms with Crippen molar-refractivity contribution in [2.75, 3.05) is 0 Å². The minimum absolute atomic E-state index is 0.585. The van der Waals surface area contributed by atoms with Crippen LogP contribution in [0.5, 0.6) is 0 Å². The second-order valence-corrected chi connectivity index (χ2v) is 21.1. The third-order valence-corrected chi connectivity index (χ3v) is 18.8. The third-order valence-electron chi connectivity index (χ3n) is 18.8. The number of aromatic nitrogens is 2. The summed E-state index contributed by atoms with van der Waals surface area (Å²) in [6, 6.07) is 37.9. The monoisotopic (exact) mass is 760 g/mol. The van der Waals surface area contributed by atoms with E-state index in [0.717, 1.165) is 23.7 Å². The summed E-state index contributed by atoms with van der Waals surface area (Å²) < 4.78 is 2.79. The van der Waals surface area contributed by atoms with Crippen molar-refractivity contribution in [3.63, 3.8) is 0 Å². The molecule has 0 aliphatic heterocycles. The minimum atomic E-state index is 0.585. The van der Waals surface area contributed by atoms with E-state index in [1.54, 1.807) is 22.1 Å². The van der Waals surface area contributed by atoms with Crippen LogP contribution in [-0.2, 0) is 0 Å². The Balaban J connectivity index is 1.15. The van der Waals surface area contributed by atoms with Crippen molar-refractivity contribution in [2.45, 2.75) is 94.8 Å². The molecule has 286 valence electrons. The first-order chi connectivity index (χ1) is 29.1. The van der Waals surface area contributed by atoms with Gasteiger partial charge in [-0.15, -0.1) is 0 Å². The summed E-state index contributed by atoms with van der Waals surface area (Å²) in [5.74, 6) is 6.28. The standard InChI is InChI=1S/C57H48N2/c1-29-49(42-14-6-10-32-8-2-4-12-40(32)42)52-46-24-44-34-17-30-16-31(18-34)20-35(19-30)45(44)25-47(46)59-48-28-58-55-37-22-39-23-38-21-36(26-57(38,39)27-37)51(55)53(48)54(56(52)59)50(29)43-15-7-11-33-9-3-5-13-41(33)43/h2-15,24-25,28,30-31,34-39H,16-23,26-27H2,1H3. The van der Waals surface area contributed by atoms with Crippen LogP contribution in [0.15, 0.2) is 103 Å². The second kappa shape index (κ2) is 10.6. The lowest BCUT2D eigenvalue weighted by atomic mass is 9.56. The molecule has 59 heavy (non-hydrogen) atoms. The summed E-state index contributed by atoms with van der Waals surface area (Å²) in [7, 11) is 0. The van der Waals surface area contributed by atoms with Crippen molar-refractivity contribution >= 4 is 59.6 Å². The maximum absolute atomic E-state index is 5.70. The molecule has 2 nitrogen and oxygen atoms in total. The van der Waals surface area contributed by atoms with Crippen LogP contribution in [0.4, 0.5) is 0 Å². The van der Waals surface area contributed by atoms with E-state index in [9.17, 15) is 0 Å². The molecule has 6 aromatic carbocycles. The number of hydrogen-bond acceptors (Lipinski definition) is 1. The summed E-state index contributed by atoms with van der Waals surface area (Å²) in [6.07, 6.45) is 16.4. The Bertz CT molecular complexity index is 3360. The summed E-state index contributed by atoms with van der Waals surface area (Å²) >= 11 is 0. The number of benzene rings is 6. The van der Waals surface area contributed by atoms with Crippen molar-refractivity contribution in [3.05, 3.63) is 131 Å². The Morgan fingerprint density at radius 2 is 1.15 bits per heavy atom. The largest absolute Gasteiger partial charge is 0.306 e. The van der Waals surface area contributed by atoms with Crippen LogP contribution < -0.4 is 0 Å². The van der Waals surface area contributed by atoms with E-state index >= 15 is 0 Å². The highest BCUT2D eigenvalue weighted by Gasteiger charge is 2.66. The van der Waals surface area contributed by atoms with Crippen molar-refractivity contribution in [1.82, 2.24) is 9.38 Å². The van der Waals surface area contributed by atoms with Crippen LogP contribution in [-0.4, -0.2) is 9.38 Å². The summed E-state index contributed by atoms with van der Waals surface area (Å²) in [5, 5.41) is 11.3. The summed E-state index contributed by atoms with van der Waals surface area (Å²) in [5.41, 5.74) is 18.4. The van der Waals surface area contributed by atoms with E-state index in [1.807, 2.05) is 0 Å². The first-order valence-corrected chi connectivity index (χ1v) is 23.3. The van der Waals surface area contributed by atoms with Crippen LogP contribution >= 0.6 is 0 Å².